The van der Waals surface area contributed by atoms with E-state index >= 15 is 0 Å². The predicted molar refractivity (Wildman–Crippen MR) is 63.9 cm³/mol. The van der Waals surface area contributed by atoms with Gasteiger partial charge >= 0.3 is 0 Å². The fourth-order valence-corrected chi connectivity index (χ4v) is 2.39. The monoisotopic (exact) mass is 288 g/mol. The third-order valence-corrected chi connectivity index (χ3v) is 3.55. The minimum atomic E-state index is -1.78. The van der Waals surface area contributed by atoms with Gasteiger partial charge in [0.05, 0.1) is 4.90 Å². The molecule has 0 spiro atoms. The van der Waals surface area contributed by atoms with E-state index in [2.05, 4.69) is 0 Å². The van der Waals surface area contributed by atoms with Crippen LogP contribution in [0.5, 0.6) is 5.75 Å². The van der Waals surface area contributed by atoms with Crippen LogP contribution in [0.3, 0.4) is 0 Å². The van der Waals surface area contributed by atoms with E-state index < -0.39 is 33.9 Å². The molecule has 0 atom stereocenters. The van der Waals surface area contributed by atoms with E-state index in [1.54, 1.807) is 30.3 Å². The van der Waals surface area contributed by atoms with Crippen molar-refractivity contribution in [1.82, 2.24) is 0 Å². The number of benzene rings is 2. The first-order chi connectivity index (χ1) is 9.02. The zero-order valence-corrected chi connectivity index (χ0v) is 10.3. The molecule has 0 aliphatic carbocycles. The Balaban J connectivity index is 2.31. The van der Waals surface area contributed by atoms with Crippen molar-refractivity contribution < 1.29 is 22.7 Å². The van der Waals surface area contributed by atoms with Crippen LogP contribution in [0.4, 0.5) is 17.6 Å². The Morgan fingerprint density at radius 1 is 0.842 bits per heavy atom. The zero-order valence-electron chi connectivity index (χ0n) is 9.46. The topological polar surface area (TPSA) is 20.2 Å². The summed E-state index contributed by atoms with van der Waals surface area (Å²) < 4.78 is 53.1. The minimum Gasteiger partial charge on any atom is -0.503 e. The van der Waals surface area contributed by atoms with Gasteiger partial charge < -0.3 is 5.11 Å². The van der Waals surface area contributed by atoms with Crippen molar-refractivity contribution in [1.29, 1.82) is 0 Å². The van der Waals surface area contributed by atoms with Crippen LogP contribution in [-0.2, 0) is 5.75 Å². The predicted octanol–water partition coefficient (Wildman–Crippen LogP) is 4.24. The molecule has 0 heterocycles. The van der Waals surface area contributed by atoms with Crippen LogP contribution in [0, 0.1) is 23.3 Å². The number of aromatic hydroxyl groups is 1. The molecule has 1 nitrogen and oxygen atoms in total. The highest BCUT2D eigenvalue weighted by atomic mass is 32.2. The maximum absolute atomic E-state index is 13.4. The normalized spacial score (nSPS) is 10.7. The van der Waals surface area contributed by atoms with Crippen LogP contribution in [0.1, 0.15) is 5.56 Å². The molecule has 0 aliphatic rings. The molecule has 2 rings (SSSR count). The van der Waals surface area contributed by atoms with Crippen LogP contribution >= 0.6 is 11.8 Å². The number of hydrogen-bond acceptors (Lipinski definition) is 2. The number of phenolic OH excluding ortho intramolecular Hbond substituents is 1. The number of hydrogen-bond donors (Lipinski definition) is 1. The Bertz CT molecular complexity index is 572. The highest BCUT2D eigenvalue weighted by Crippen LogP contribution is 2.35. The molecule has 1 N–H and O–H groups in total. The van der Waals surface area contributed by atoms with Crippen LogP contribution in [0.2, 0.25) is 0 Å². The third kappa shape index (κ3) is 2.68. The van der Waals surface area contributed by atoms with Crippen molar-refractivity contribution in [3.05, 3.63) is 59.2 Å². The van der Waals surface area contributed by atoms with Gasteiger partial charge in [-0.2, -0.15) is 8.78 Å². The summed E-state index contributed by atoms with van der Waals surface area (Å²) in [5.41, 5.74) is 0.750. The lowest BCUT2D eigenvalue weighted by atomic mass is 10.2. The van der Waals surface area contributed by atoms with E-state index in [1.165, 1.54) is 0 Å². The Labute approximate surface area is 110 Å². The fourth-order valence-electron chi connectivity index (χ4n) is 1.46. The van der Waals surface area contributed by atoms with Crippen molar-refractivity contribution in [2.75, 3.05) is 0 Å². The van der Waals surface area contributed by atoms with E-state index in [0.29, 0.717) is 11.8 Å². The molecule has 2 aromatic rings. The lowest BCUT2D eigenvalue weighted by molar-refractivity contribution is 0.344. The van der Waals surface area contributed by atoms with E-state index in [1.807, 2.05) is 0 Å². The van der Waals surface area contributed by atoms with Gasteiger partial charge in [0.1, 0.15) is 0 Å². The number of thioether (sulfide) groups is 1. The van der Waals surface area contributed by atoms with Crippen LogP contribution in [0.15, 0.2) is 35.2 Å². The second-order valence-corrected chi connectivity index (χ2v) is 4.69. The minimum absolute atomic E-state index is 0.151. The summed E-state index contributed by atoms with van der Waals surface area (Å²) in [6, 6.07) is 8.68. The molecule has 0 amide bonds. The average molecular weight is 288 g/mol. The summed E-state index contributed by atoms with van der Waals surface area (Å²) in [5, 5.41) is 8.84. The number of halogens is 4. The summed E-state index contributed by atoms with van der Waals surface area (Å²) in [7, 11) is 0. The van der Waals surface area contributed by atoms with Crippen molar-refractivity contribution in [3.8, 4) is 5.75 Å². The van der Waals surface area contributed by atoms with Crippen molar-refractivity contribution in [3.63, 3.8) is 0 Å². The molecule has 19 heavy (non-hydrogen) atoms. The SMILES string of the molecule is Oc1c(F)c(F)c(SCc2ccccc2)c(F)c1F. The molecule has 6 heteroatoms. The fraction of sp³-hybridized carbons (Fsp3) is 0.0769. The highest BCUT2D eigenvalue weighted by Gasteiger charge is 2.25. The Morgan fingerprint density at radius 2 is 1.37 bits per heavy atom. The molecule has 0 fully saturated rings. The highest BCUT2D eigenvalue weighted by molar-refractivity contribution is 7.98. The third-order valence-electron chi connectivity index (χ3n) is 2.43. The van der Waals surface area contributed by atoms with Gasteiger partial charge in [-0.25, -0.2) is 8.78 Å². The van der Waals surface area contributed by atoms with Gasteiger partial charge in [0.15, 0.2) is 17.4 Å². The van der Waals surface area contributed by atoms with E-state index in [4.69, 9.17) is 5.11 Å². The zero-order chi connectivity index (χ0) is 14.0. The molecule has 0 radical (unpaired) electrons. The van der Waals surface area contributed by atoms with Gasteiger partial charge in [0.2, 0.25) is 11.6 Å². The molecule has 0 unspecified atom stereocenters. The molecule has 100 valence electrons. The Hall–Kier alpha value is -1.69. The lowest BCUT2D eigenvalue weighted by Crippen LogP contribution is -1.99. The van der Waals surface area contributed by atoms with E-state index in [-0.39, 0.29) is 5.75 Å². The molecule has 0 bridgehead atoms. The molecule has 0 aromatic heterocycles. The molecular formula is C13H8F4OS. The van der Waals surface area contributed by atoms with Gasteiger partial charge in [0.25, 0.3) is 0 Å². The quantitative estimate of drug-likeness (QED) is 0.518. The first kappa shape index (κ1) is 13.7. The van der Waals surface area contributed by atoms with Crippen molar-refractivity contribution in [2.24, 2.45) is 0 Å². The maximum atomic E-state index is 13.4. The van der Waals surface area contributed by atoms with Gasteiger partial charge in [-0.15, -0.1) is 11.8 Å². The molecule has 2 aromatic carbocycles. The van der Waals surface area contributed by atoms with Crippen LogP contribution < -0.4 is 0 Å². The van der Waals surface area contributed by atoms with E-state index in [0.717, 1.165) is 5.56 Å². The van der Waals surface area contributed by atoms with Gasteiger partial charge in [-0.1, -0.05) is 30.3 Å². The van der Waals surface area contributed by atoms with Gasteiger partial charge in [0, 0.05) is 5.75 Å². The number of rotatable bonds is 3. The first-order valence-corrected chi connectivity index (χ1v) is 6.22. The maximum Gasteiger partial charge on any atom is 0.204 e. The molecular weight excluding hydrogens is 280 g/mol. The summed E-state index contributed by atoms with van der Waals surface area (Å²) in [4.78, 5) is -0.781. The molecule has 0 saturated heterocycles. The van der Waals surface area contributed by atoms with E-state index in [9.17, 15) is 17.6 Å². The Morgan fingerprint density at radius 3 is 1.89 bits per heavy atom. The lowest BCUT2D eigenvalue weighted by Gasteiger charge is -2.08. The van der Waals surface area contributed by atoms with Crippen molar-refractivity contribution >= 4 is 11.8 Å². The largest absolute Gasteiger partial charge is 0.503 e. The van der Waals surface area contributed by atoms with Crippen LogP contribution in [-0.4, -0.2) is 5.11 Å². The smallest absolute Gasteiger partial charge is 0.204 e. The molecule has 0 saturated carbocycles. The number of phenols is 1. The second-order valence-electron chi connectivity index (χ2n) is 3.71. The van der Waals surface area contributed by atoms with Gasteiger partial charge in [-0.3, -0.25) is 0 Å². The van der Waals surface area contributed by atoms with Gasteiger partial charge in [-0.05, 0) is 5.56 Å². The average Bonchev–Trinajstić information content (AvgIpc) is 2.44. The standard InChI is InChI=1S/C13H8F4OS/c14-8-10(16)13(11(17)9(15)12(8)18)19-6-7-4-2-1-3-5-7/h1-5,18H,6H2. The summed E-state index contributed by atoms with van der Waals surface area (Å²) in [6.07, 6.45) is 0. The van der Waals surface area contributed by atoms with Crippen molar-refractivity contribution in [2.45, 2.75) is 10.6 Å². The Kier molecular flexibility index (Phi) is 3.99. The summed E-state index contributed by atoms with van der Waals surface area (Å²) in [5.74, 6) is -8.23. The molecule has 0 aliphatic heterocycles. The summed E-state index contributed by atoms with van der Waals surface area (Å²) >= 11 is 0.623. The summed E-state index contributed by atoms with van der Waals surface area (Å²) in [6.45, 7) is 0. The van der Waals surface area contributed by atoms with Crippen LogP contribution in [0.25, 0.3) is 0 Å². The second kappa shape index (κ2) is 5.52. The first-order valence-electron chi connectivity index (χ1n) is 5.24.